The van der Waals surface area contributed by atoms with Gasteiger partial charge in [0.05, 0.1) is 11.7 Å². The van der Waals surface area contributed by atoms with E-state index in [4.69, 9.17) is 4.74 Å². The highest BCUT2D eigenvalue weighted by Crippen LogP contribution is 2.51. The Labute approximate surface area is 118 Å². The molecule has 0 aromatic carbocycles. The summed E-state index contributed by atoms with van der Waals surface area (Å²) in [6, 6.07) is 0. The minimum atomic E-state index is -0.745. The molecule has 1 aromatic rings. The maximum Gasteiger partial charge on any atom is 0.202 e. The average Bonchev–Trinajstić information content (AvgIpc) is 2.84. The standard InChI is InChI=1S/C13H23N3O2S/c1-5-10-15-11(19-16-10)14-8-13(17)7-9(18-6-2)12(13,3)4/h9,17H,5-8H2,1-4H3,(H,14,15,16). The van der Waals surface area contributed by atoms with Crippen LogP contribution in [0.4, 0.5) is 5.13 Å². The van der Waals surface area contributed by atoms with Crippen LogP contribution < -0.4 is 5.32 Å². The summed E-state index contributed by atoms with van der Waals surface area (Å²) >= 11 is 1.35. The van der Waals surface area contributed by atoms with Gasteiger partial charge in [0.25, 0.3) is 0 Å². The van der Waals surface area contributed by atoms with Gasteiger partial charge in [-0.3, -0.25) is 0 Å². The molecule has 1 aromatic heterocycles. The average molecular weight is 285 g/mol. The topological polar surface area (TPSA) is 67.3 Å². The number of anilines is 1. The summed E-state index contributed by atoms with van der Waals surface area (Å²) in [5, 5.41) is 14.7. The summed E-state index contributed by atoms with van der Waals surface area (Å²) in [5.41, 5.74) is -0.987. The quantitative estimate of drug-likeness (QED) is 0.837. The van der Waals surface area contributed by atoms with E-state index in [-0.39, 0.29) is 11.5 Å². The van der Waals surface area contributed by atoms with Crippen molar-refractivity contribution in [2.75, 3.05) is 18.5 Å². The number of nitrogens with zero attached hydrogens (tertiary/aromatic N) is 2. The first-order chi connectivity index (χ1) is 8.93. The maximum absolute atomic E-state index is 10.7. The van der Waals surface area contributed by atoms with E-state index in [1.54, 1.807) is 0 Å². The lowest BCUT2D eigenvalue weighted by atomic mass is 9.56. The molecule has 0 aliphatic heterocycles. The van der Waals surface area contributed by atoms with Gasteiger partial charge in [0.2, 0.25) is 5.13 Å². The molecule has 2 atom stereocenters. The number of ether oxygens (including phenoxy) is 1. The zero-order valence-corrected chi connectivity index (χ0v) is 12.9. The fourth-order valence-electron chi connectivity index (χ4n) is 2.45. The molecule has 2 unspecified atom stereocenters. The predicted molar refractivity (Wildman–Crippen MR) is 76.5 cm³/mol. The van der Waals surface area contributed by atoms with Crippen molar-refractivity contribution in [2.45, 2.75) is 52.2 Å². The summed E-state index contributed by atoms with van der Waals surface area (Å²) in [5.74, 6) is 0.847. The summed E-state index contributed by atoms with van der Waals surface area (Å²) in [4.78, 5) is 4.35. The van der Waals surface area contributed by atoms with Gasteiger partial charge in [0, 0.05) is 42.9 Å². The first kappa shape index (κ1) is 14.7. The van der Waals surface area contributed by atoms with Crippen LogP contribution in [0, 0.1) is 5.41 Å². The zero-order chi connectivity index (χ0) is 14.1. The minimum Gasteiger partial charge on any atom is -0.387 e. The smallest absolute Gasteiger partial charge is 0.202 e. The van der Waals surface area contributed by atoms with E-state index in [0.29, 0.717) is 19.6 Å². The molecule has 19 heavy (non-hydrogen) atoms. The van der Waals surface area contributed by atoms with E-state index < -0.39 is 5.60 Å². The Kier molecular flexibility index (Phi) is 4.13. The van der Waals surface area contributed by atoms with E-state index in [2.05, 4.69) is 28.5 Å². The molecule has 0 radical (unpaired) electrons. The number of hydrogen-bond acceptors (Lipinski definition) is 6. The van der Waals surface area contributed by atoms with Crippen LogP contribution in [0.5, 0.6) is 0 Å². The van der Waals surface area contributed by atoms with Crippen LogP contribution in [0.25, 0.3) is 0 Å². The molecular weight excluding hydrogens is 262 g/mol. The third kappa shape index (κ3) is 2.61. The molecule has 5 nitrogen and oxygen atoms in total. The van der Waals surface area contributed by atoms with E-state index in [1.165, 1.54) is 11.5 Å². The van der Waals surface area contributed by atoms with Crippen LogP contribution >= 0.6 is 11.5 Å². The van der Waals surface area contributed by atoms with Crippen molar-refractivity contribution in [1.82, 2.24) is 9.36 Å². The largest absolute Gasteiger partial charge is 0.387 e. The molecule has 6 heteroatoms. The lowest BCUT2D eigenvalue weighted by Crippen LogP contribution is -2.67. The van der Waals surface area contributed by atoms with E-state index in [1.807, 2.05) is 13.8 Å². The maximum atomic E-state index is 10.7. The van der Waals surface area contributed by atoms with Crippen molar-refractivity contribution in [2.24, 2.45) is 5.41 Å². The molecule has 2 rings (SSSR count). The molecule has 0 amide bonds. The number of rotatable bonds is 6. The van der Waals surface area contributed by atoms with E-state index in [0.717, 1.165) is 17.4 Å². The highest BCUT2D eigenvalue weighted by atomic mass is 32.1. The number of aryl methyl sites for hydroxylation is 1. The molecule has 1 fully saturated rings. The van der Waals surface area contributed by atoms with Crippen LogP contribution in [0.15, 0.2) is 0 Å². The van der Waals surface area contributed by atoms with E-state index in [9.17, 15) is 5.11 Å². The summed E-state index contributed by atoms with van der Waals surface area (Å²) in [6.45, 7) is 9.29. The first-order valence-corrected chi connectivity index (χ1v) is 7.60. The lowest BCUT2D eigenvalue weighted by molar-refractivity contribution is -0.233. The third-order valence-corrected chi connectivity index (χ3v) is 4.92. The van der Waals surface area contributed by atoms with E-state index >= 15 is 0 Å². The van der Waals surface area contributed by atoms with Crippen LogP contribution in [0.3, 0.4) is 0 Å². The van der Waals surface area contributed by atoms with Gasteiger partial charge >= 0.3 is 0 Å². The second kappa shape index (κ2) is 5.34. The molecular formula is C13H23N3O2S. The Hall–Kier alpha value is -0.720. The van der Waals surface area contributed by atoms with Crippen molar-refractivity contribution in [1.29, 1.82) is 0 Å². The Morgan fingerprint density at radius 3 is 2.74 bits per heavy atom. The fourth-order valence-corrected chi connectivity index (χ4v) is 3.10. The molecule has 1 aliphatic rings. The van der Waals surface area contributed by atoms with Gasteiger partial charge in [-0.2, -0.15) is 4.37 Å². The number of hydrogen-bond donors (Lipinski definition) is 2. The second-order valence-electron chi connectivity index (χ2n) is 5.62. The van der Waals surface area contributed by atoms with Crippen LogP contribution in [0.2, 0.25) is 0 Å². The highest BCUT2D eigenvalue weighted by molar-refractivity contribution is 7.09. The molecule has 108 valence electrons. The minimum absolute atomic E-state index is 0.130. The predicted octanol–water partition coefficient (Wildman–Crippen LogP) is 2.08. The molecule has 0 bridgehead atoms. The Bertz CT molecular complexity index is 435. The molecule has 2 N–H and O–H groups in total. The summed E-state index contributed by atoms with van der Waals surface area (Å²) in [6.07, 6.45) is 1.63. The van der Waals surface area contributed by atoms with Crippen molar-refractivity contribution >= 4 is 16.7 Å². The fraction of sp³-hybridized carbons (Fsp3) is 0.846. The van der Waals surface area contributed by atoms with Gasteiger partial charge in [-0.25, -0.2) is 4.98 Å². The van der Waals surface area contributed by atoms with Gasteiger partial charge in [-0.15, -0.1) is 0 Å². The molecule has 0 spiro atoms. The number of nitrogens with one attached hydrogen (secondary N) is 1. The van der Waals surface area contributed by atoms with Gasteiger partial charge in [0.1, 0.15) is 5.82 Å². The third-order valence-electron chi connectivity index (χ3n) is 4.21. The van der Waals surface area contributed by atoms with Gasteiger partial charge < -0.3 is 15.2 Å². The lowest BCUT2D eigenvalue weighted by Gasteiger charge is -2.57. The Morgan fingerprint density at radius 2 is 2.21 bits per heavy atom. The number of aliphatic hydroxyl groups is 1. The van der Waals surface area contributed by atoms with Crippen molar-refractivity contribution in [3.05, 3.63) is 5.82 Å². The second-order valence-corrected chi connectivity index (χ2v) is 6.38. The zero-order valence-electron chi connectivity index (χ0n) is 12.1. The van der Waals surface area contributed by atoms with Crippen molar-refractivity contribution in [3.63, 3.8) is 0 Å². The highest BCUT2D eigenvalue weighted by Gasteiger charge is 2.59. The molecule has 1 heterocycles. The molecule has 0 saturated heterocycles. The van der Waals surface area contributed by atoms with Crippen molar-refractivity contribution in [3.8, 4) is 0 Å². The molecule has 1 aliphatic carbocycles. The summed E-state index contributed by atoms with van der Waals surface area (Å²) in [7, 11) is 0. The Morgan fingerprint density at radius 1 is 1.47 bits per heavy atom. The monoisotopic (exact) mass is 285 g/mol. The SMILES string of the molecule is CCOC1CC(O)(CNc2nc(CC)ns2)C1(C)C. The van der Waals surface area contributed by atoms with Crippen molar-refractivity contribution < 1.29 is 9.84 Å². The van der Waals surface area contributed by atoms with Gasteiger partial charge in [-0.05, 0) is 6.92 Å². The first-order valence-electron chi connectivity index (χ1n) is 6.83. The Balaban J connectivity index is 1.92. The van der Waals surface area contributed by atoms with Gasteiger partial charge in [0.15, 0.2) is 0 Å². The van der Waals surface area contributed by atoms with Gasteiger partial charge in [-0.1, -0.05) is 20.8 Å². The van der Waals surface area contributed by atoms with Crippen LogP contribution in [0.1, 0.15) is 39.9 Å². The van der Waals surface area contributed by atoms with Crippen LogP contribution in [-0.2, 0) is 11.2 Å². The normalized spacial score (nSPS) is 29.0. The summed E-state index contributed by atoms with van der Waals surface area (Å²) < 4.78 is 9.87. The van der Waals surface area contributed by atoms with Crippen LogP contribution in [-0.4, -0.2) is 39.3 Å². The molecule has 1 saturated carbocycles. The number of aromatic nitrogens is 2.